The molecule has 0 N–H and O–H groups in total. The fraction of sp³-hybridized carbons (Fsp3) is 0.190. The lowest BCUT2D eigenvalue weighted by molar-refractivity contribution is -0.141. The maximum Gasteiger partial charge on any atom is 0.329 e. The maximum atomic E-state index is 12.2. The minimum Gasteiger partial charge on any atom is -0.468 e. The quantitative estimate of drug-likeness (QED) is 0.439. The van der Waals surface area contributed by atoms with Gasteiger partial charge in [-0.3, -0.25) is 4.79 Å². The number of rotatable bonds is 5. The summed E-state index contributed by atoms with van der Waals surface area (Å²) in [6.45, 7) is 3.95. The van der Waals surface area contributed by atoms with Gasteiger partial charge in [-0.2, -0.15) is 9.94 Å². The van der Waals surface area contributed by atoms with Crippen molar-refractivity contribution >= 4 is 28.8 Å². The molecule has 1 atom stereocenters. The van der Waals surface area contributed by atoms with Gasteiger partial charge in [-0.25, -0.2) is 9.97 Å². The van der Waals surface area contributed by atoms with Crippen LogP contribution in [0.15, 0.2) is 52.6 Å². The van der Waals surface area contributed by atoms with E-state index in [1.165, 1.54) is 7.11 Å². The highest BCUT2D eigenvalue weighted by atomic mass is 32.2. The van der Waals surface area contributed by atoms with Crippen molar-refractivity contribution < 1.29 is 9.53 Å². The van der Waals surface area contributed by atoms with Gasteiger partial charge in [0.1, 0.15) is 10.7 Å². The third-order valence-corrected chi connectivity index (χ3v) is 5.56. The van der Waals surface area contributed by atoms with Crippen LogP contribution < -0.4 is 0 Å². The first-order valence-electron chi connectivity index (χ1n) is 9.30. The number of esters is 1. The summed E-state index contributed by atoms with van der Waals surface area (Å²) in [7, 11) is 1.23. The second-order valence-electron chi connectivity index (χ2n) is 6.75. The molecule has 1 unspecified atom stereocenters. The molecule has 2 heterocycles. The van der Waals surface area contributed by atoms with Gasteiger partial charge in [0, 0.05) is 0 Å². The van der Waals surface area contributed by atoms with Gasteiger partial charge in [0.05, 0.1) is 29.9 Å². The molecule has 0 aliphatic carbocycles. The smallest absolute Gasteiger partial charge is 0.329 e. The third-order valence-electron chi connectivity index (χ3n) is 4.62. The van der Waals surface area contributed by atoms with Crippen molar-refractivity contribution in [1.82, 2.24) is 30.2 Å². The van der Waals surface area contributed by atoms with Crippen LogP contribution in [0.3, 0.4) is 0 Å². The van der Waals surface area contributed by atoms with Crippen molar-refractivity contribution in [3.05, 3.63) is 59.3 Å². The van der Waals surface area contributed by atoms with Crippen LogP contribution in [0.25, 0.3) is 16.7 Å². The monoisotopic (exact) mass is 431 g/mol. The van der Waals surface area contributed by atoms with Gasteiger partial charge >= 0.3 is 5.97 Å². The summed E-state index contributed by atoms with van der Waals surface area (Å²) in [4.78, 5) is 21.4. The lowest BCUT2D eigenvalue weighted by Gasteiger charge is -2.13. The molecule has 0 bridgehead atoms. The molecule has 0 spiro atoms. The number of nitriles is 1. The molecule has 0 aliphatic rings. The van der Waals surface area contributed by atoms with Crippen LogP contribution in [0.1, 0.15) is 22.7 Å². The predicted molar refractivity (Wildman–Crippen MR) is 113 cm³/mol. The minimum absolute atomic E-state index is 0.202. The summed E-state index contributed by atoms with van der Waals surface area (Å²) in [6, 6.07) is 15.2. The Kier molecular flexibility index (Phi) is 5.60. The number of carbonyl (C=O) groups is 1. The van der Waals surface area contributed by atoms with Crippen LogP contribution in [-0.2, 0) is 9.53 Å². The van der Waals surface area contributed by atoms with Gasteiger partial charge in [-0.1, -0.05) is 24.3 Å². The highest BCUT2D eigenvalue weighted by molar-refractivity contribution is 7.99. The minimum atomic E-state index is -1.23. The van der Waals surface area contributed by atoms with Crippen LogP contribution in [0.5, 0.6) is 0 Å². The lowest BCUT2D eigenvalue weighted by atomic mass is 10.1. The largest absolute Gasteiger partial charge is 0.468 e. The zero-order chi connectivity index (χ0) is 22.0. The molecule has 4 aromatic rings. The number of fused-ring (bicyclic) bond motifs is 1. The van der Waals surface area contributed by atoms with Crippen LogP contribution in [-0.4, -0.2) is 43.3 Å². The van der Waals surface area contributed by atoms with E-state index in [0.29, 0.717) is 21.2 Å². The van der Waals surface area contributed by atoms with Crippen LogP contribution in [0.4, 0.5) is 0 Å². The Labute approximate surface area is 182 Å². The van der Waals surface area contributed by atoms with Crippen LogP contribution in [0, 0.1) is 25.2 Å². The Morgan fingerprint density at radius 3 is 2.61 bits per heavy atom. The Morgan fingerprint density at radius 1 is 1.16 bits per heavy atom. The molecular weight excluding hydrogens is 414 g/mol. The van der Waals surface area contributed by atoms with Crippen molar-refractivity contribution in [2.75, 3.05) is 7.11 Å². The maximum absolute atomic E-state index is 12.2. The van der Waals surface area contributed by atoms with Crippen molar-refractivity contribution in [1.29, 1.82) is 5.26 Å². The van der Waals surface area contributed by atoms with E-state index in [9.17, 15) is 10.1 Å². The first-order valence-corrected chi connectivity index (χ1v) is 10.1. The molecule has 154 valence electrons. The van der Waals surface area contributed by atoms with E-state index in [1.54, 1.807) is 10.7 Å². The van der Waals surface area contributed by atoms with Crippen molar-refractivity contribution in [3.8, 4) is 11.8 Å². The summed E-state index contributed by atoms with van der Waals surface area (Å²) in [5.74, 6) is -1.93. The Hall–Kier alpha value is -3.84. The number of aromatic nitrogens is 6. The van der Waals surface area contributed by atoms with E-state index in [0.717, 1.165) is 28.6 Å². The second-order valence-corrected chi connectivity index (χ2v) is 7.71. The highest BCUT2D eigenvalue weighted by Crippen LogP contribution is 2.33. The Bertz CT molecular complexity index is 1330. The summed E-state index contributed by atoms with van der Waals surface area (Å²) >= 11 is 1.14. The van der Waals surface area contributed by atoms with Gasteiger partial charge in [0.25, 0.3) is 0 Å². The van der Waals surface area contributed by atoms with E-state index in [-0.39, 0.29) is 5.69 Å². The van der Waals surface area contributed by atoms with Gasteiger partial charge in [0.15, 0.2) is 5.92 Å². The molecular formula is C21H17N7O2S. The number of tetrazole rings is 1. The average Bonchev–Trinajstić information content (AvgIpc) is 3.23. The fourth-order valence-electron chi connectivity index (χ4n) is 3.03. The molecule has 2 aromatic carbocycles. The van der Waals surface area contributed by atoms with Crippen LogP contribution in [0.2, 0.25) is 0 Å². The van der Waals surface area contributed by atoms with Crippen molar-refractivity contribution in [2.45, 2.75) is 29.9 Å². The number of hydrogen-bond donors (Lipinski definition) is 0. The van der Waals surface area contributed by atoms with Gasteiger partial charge < -0.3 is 4.74 Å². The SMILES string of the molecule is COC(=O)C(C#N)c1nc2ccccc2nc1Sc1nnnn1-c1cc(C)ccc1C. The summed E-state index contributed by atoms with van der Waals surface area (Å²) in [5.41, 5.74) is 4.28. The standard InChI is InChI=1S/C21H17N7O2S/c1-12-8-9-13(2)17(10-12)28-21(25-26-27-28)31-19-18(14(11-22)20(29)30-3)23-15-6-4-5-7-16(15)24-19/h4-10,14H,1-3H3. The summed E-state index contributed by atoms with van der Waals surface area (Å²) < 4.78 is 6.40. The molecule has 2 aromatic heterocycles. The number of ether oxygens (including phenoxy) is 1. The number of aryl methyl sites for hydroxylation is 2. The number of carbonyl (C=O) groups excluding carboxylic acids is 1. The van der Waals surface area contributed by atoms with Gasteiger partial charge in [-0.15, -0.1) is 5.10 Å². The van der Waals surface area contributed by atoms with E-state index < -0.39 is 11.9 Å². The number of nitrogens with zero attached hydrogens (tertiary/aromatic N) is 7. The van der Waals surface area contributed by atoms with E-state index in [1.807, 2.05) is 56.3 Å². The first-order chi connectivity index (χ1) is 15.0. The third kappa shape index (κ3) is 3.95. The predicted octanol–water partition coefficient (Wildman–Crippen LogP) is 3.15. The number of hydrogen-bond acceptors (Lipinski definition) is 9. The fourth-order valence-corrected chi connectivity index (χ4v) is 3.92. The zero-order valence-electron chi connectivity index (χ0n) is 17.0. The number of benzene rings is 2. The molecule has 0 radical (unpaired) electrons. The number of para-hydroxylation sites is 2. The Morgan fingerprint density at radius 2 is 1.90 bits per heavy atom. The lowest BCUT2D eigenvalue weighted by Crippen LogP contribution is -2.16. The Balaban J connectivity index is 1.85. The van der Waals surface area contributed by atoms with E-state index >= 15 is 0 Å². The summed E-state index contributed by atoms with van der Waals surface area (Å²) in [5, 5.41) is 22.5. The average molecular weight is 431 g/mol. The highest BCUT2D eigenvalue weighted by Gasteiger charge is 2.28. The van der Waals surface area contributed by atoms with Gasteiger partial charge in [-0.05, 0) is 65.4 Å². The van der Waals surface area contributed by atoms with E-state index in [4.69, 9.17) is 4.74 Å². The molecule has 0 saturated heterocycles. The molecule has 31 heavy (non-hydrogen) atoms. The molecule has 9 nitrogen and oxygen atoms in total. The first kappa shape index (κ1) is 20.4. The van der Waals surface area contributed by atoms with Crippen molar-refractivity contribution in [2.24, 2.45) is 0 Å². The molecule has 4 rings (SSSR count). The molecule has 0 aliphatic heterocycles. The normalized spacial score (nSPS) is 11.8. The molecule has 0 saturated carbocycles. The zero-order valence-corrected chi connectivity index (χ0v) is 17.8. The number of methoxy groups -OCH3 is 1. The molecule has 10 heteroatoms. The molecule has 0 fully saturated rings. The van der Waals surface area contributed by atoms with Crippen molar-refractivity contribution in [3.63, 3.8) is 0 Å². The molecule has 0 amide bonds. The second kappa shape index (κ2) is 8.49. The topological polar surface area (TPSA) is 119 Å². The van der Waals surface area contributed by atoms with E-state index in [2.05, 4.69) is 25.5 Å². The van der Waals surface area contributed by atoms with Gasteiger partial charge in [0.2, 0.25) is 5.16 Å². The summed E-state index contributed by atoms with van der Waals surface area (Å²) in [6.07, 6.45) is 0. The van der Waals surface area contributed by atoms with Crippen LogP contribution >= 0.6 is 11.8 Å².